The van der Waals surface area contributed by atoms with E-state index in [0.29, 0.717) is 6.10 Å². The Bertz CT molecular complexity index is 351. The fraction of sp³-hybridized carbons (Fsp3) is 0.769. The van der Waals surface area contributed by atoms with Crippen LogP contribution in [-0.4, -0.2) is 36.6 Å². The van der Waals surface area contributed by atoms with Crippen LogP contribution in [0.1, 0.15) is 37.9 Å². The molecule has 2 rings (SSSR count). The lowest BCUT2D eigenvalue weighted by atomic mass is 10.0. The van der Waals surface area contributed by atoms with E-state index in [-0.39, 0.29) is 6.04 Å². The molecule has 5 heteroatoms. The summed E-state index contributed by atoms with van der Waals surface area (Å²) in [5, 5.41) is 7.72. The van der Waals surface area contributed by atoms with E-state index in [9.17, 15) is 0 Å². The number of nitrogens with zero attached hydrogens (tertiary/aromatic N) is 2. The Balaban J connectivity index is 2.16. The van der Waals surface area contributed by atoms with Gasteiger partial charge in [0.1, 0.15) is 0 Å². The lowest BCUT2D eigenvalue weighted by Crippen LogP contribution is -2.25. The molecule has 2 unspecified atom stereocenters. The zero-order valence-corrected chi connectivity index (χ0v) is 11.5. The van der Waals surface area contributed by atoms with Crippen LogP contribution in [-0.2, 0) is 11.3 Å². The minimum atomic E-state index is 0.227. The van der Waals surface area contributed by atoms with Crippen molar-refractivity contribution in [1.29, 1.82) is 0 Å². The van der Waals surface area contributed by atoms with Crippen LogP contribution >= 0.6 is 0 Å². The lowest BCUT2D eigenvalue weighted by Gasteiger charge is -2.21. The highest BCUT2D eigenvalue weighted by atomic mass is 16.5. The molecule has 2 atom stereocenters. The third kappa shape index (κ3) is 2.67. The molecule has 102 valence electrons. The molecular formula is C13H23N3O2. The number of hydrogen-bond acceptors (Lipinski definition) is 4. The van der Waals surface area contributed by atoms with Crippen LogP contribution in [0.3, 0.4) is 0 Å². The van der Waals surface area contributed by atoms with Crippen molar-refractivity contribution in [1.82, 2.24) is 15.1 Å². The van der Waals surface area contributed by atoms with Crippen LogP contribution in [0.15, 0.2) is 6.20 Å². The molecule has 0 radical (unpaired) electrons. The van der Waals surface area contributed by atoms with Crippen molar-refractivity contribution < 1.29 is 9.47 Å². The minimum Gasteiger partial charge on any atom is -0.493 e. The topological polar surface area (TPSA) is 48.3 Å². The molecule has 1 N–H and O–H groups in total. The normalized spacial score (nSPS) is 21.2. The molecule has 1 aliphatic heterocycles. The van der Waals surface area contributed by atoms with Gasteiger partial charge in [-0.25, -0.2) is 0 Å². The highest BCUT2D eigenvalue weighted by Crippen LogP contribution is 2.30. The first kappa shape index (κ1) is 13.4. The van der Waals surface area contributed by atoms with Crippen LogP contribution in [0.4, 0.5) is 0 Å². The number of hydrogen-bond donors (Lipinski definition) is 1. The summed E-state index contributed by atoms with van der Waals surface area (Å²) < 4.78 is 13.1. The highest BCUT2D eigenvalue weighted by molar-refractivity contribution is 5.28. The summed E-state index contributed by atoms with van der Waals surface area (Å²) in [5.41, 5.74) is 1.12. The summed E-state index contributed by atoms with van der Waals surface area (Å²) in [5.74, 6) is 0.856. The summed E-state index contributed by atoms with van der Waals surface area (Å²) in [6, 6.07) is 0.227. The van der Waals surface area contributed by atoms with Crippen LogP contribution in [0.5, 0.6) is 5.75 Å². The van der Waals surface area contributed by atoms with Gasteiger partial charge in [-0.05, 0) is 33.2 Å². The zero-order valence-electron chi connectivity index (χ0n) is 11.5. The maximum absolute atomic E-state index is 5.72. The molecule has 0 amide bonds. The van der Waals surface area contributed by atoms with Crippen LogP contribution in [0, 0.1) is 0 Å². The molecule has 1 aliphatic rings. The van der Waals surface area contributed by atoms with Gasteiger partial charge < -0.3 is 14.8 Å². The molecule has 2 heterocycles. The number of ether oxygens (including phenoxy) is 2. The first-order valence-electron chi connectivity index (χ1n) is 6.68. The Morgan fingerprint density at radius 2 is 2.50 bits per heavy atom. The SMILES string of the molecule is CCn1ncc(OC)c1C(CC1CCCO1)NC. The lowest BCUT2D eigenvalue weighted by molar-refractivity contribution is 0.0942. The van der Waals surface area contributed by atoms with Gasteiger partial charge in [0.2, 0.25) is 0 Å². The smallest absolute Gasteiger partial charge is 0.161 e. The summed E-state index contributed by atoms with van der Waals surface area (Å²) in [6.07, 6.45) is 5.44. The monoisotopic (exact) mass is 253 g/mol. The van der Waals surface area contributed by atoms with Crippen molar-refractivity contribution in [3.63, 3.8) is 0 Å². The van der Waals surface area contributed by atoms with Gasteiger partial charge in [-0.2, -0.15) is 5.10 Å². The fourth-order valence-electron chi connectivity index (χ4n) is 2.60. The number of nitrogens with one attached hydrogen (secondary N) is 1. The van der Waals surface area contributed by atoms with Crippen LogP contribution < -0.4 is 10.1 Å². The average molecular weight is 253 g/mol. The quantitative estimate of drug-likeness (QED) is 0.839. The van der Waals surface area contributed by atoms with Crippen molar-refractivity contribution in [2.45, 2.75) is 44.9 Å². The molecule has 1 aromatic heterocycles. The van der Waals surface area contributed by atoms with Gasteiger partial charge in [0, 0.05) is 13.2 Å². The second kappa shape index (κ2) is 6.20. The Hall–Kier alpha value is -1.07. The molecule has 0 aromatic carbocycles. The van der Waals surface area contributed by atoms with Crippen molar-refractivity contribution in [3.05, 3.63) is 11.9 Å². The molecule has 5 nitrogen and oxygen atoms in total. The van der Waals surface area contributed by atoms with Crippen molar-refractivity contribution >= 4 is 0 Å². The summed E-state index contributed by atoms with van der Waals surface area (Å²) in [7, 11) is 3.67. The Labute approximate surface area is 108 Å². The minimum absolute atomic E-state index is 0.227. The van der Waals surface area contributed by atoms with Crippen molar-refractivity contribution in [3.8, 4) is 5.75 Å². The molecule has 18 heavy (non-hydrogen) atoms. The maximum atomic E-state index is 5.72. The first-order valence-corrected chi connectivity index (χ1v) is 6.68. The van der Waals surface area contributed by atoms with Crippen molar-refractivity contribution in [2.24, 2.45) is 0 Å². The number of aromatic nitrogens is 2. The molecule has 0 spiro atoms. The summed E-state index contributed by atoms with van der Waals surface area (Å²) in [6.45, 7) is 3.84. The number of methoxy groups -OCH3 is 1. The van der Waals surface area contributed by atoms with Gasteiger partial charge in [0.15, 0.2) is 5.75 Å². The number of aryl methyl sites for hydroxylation is 1. The van der Waals surface area contributed by atoms with Gasteiger partial charge in [-0.15, -0.1) is 0 Å². The largest absolute Gasteiger partial charge is 0.493 e. The van der Waals surface area contributed by atoms with Gasteiger partial charge in [0.05, 0.1) is 31.1 Å². The zero-order chi connectivity index (χ0) is 13.0. The van der Waals surface area contributed by atoms with Crippen LogP contribution in [0.25, 0.3) is 0 Å². The van der Waals surface area contributed by atoms with Gasteiger partial charge in [-0.1, -0.05) is 0 Å². The molecular weight excluding hydrogens is 230 g/mol. The van der Waals surface area contributed by atoms with Crippen LogP contribution in [0.2, 0.25) is 0 Å². The maximum Gasteiger partial charge on any atom is 0.161 e. The van der Waals surface area contributed by atoms with E-state index in [2.05, 4.69) is 17.3 Å². The Morgan fingerprint density at radius 1 is 1.67 bits per heavy atom. The molecule has 0 saturated carbocycles. The van der Waals surface area contributed by atoms with E-state index >= 15 is 0 Å². The fourth-order valence-corrected chi connectivity index (χ4v) is 2.60. The Morgan fingerprint density at radius 3 is 3.06 bits per heavy atom. The summed E-state index contributed by atoms with van der Waals surface area (Å²) in [4.78, 5) is 0. The second-order valence-electron chi connectivity index (χ2n) is 4.63. The third-order valence-corrected chi connectivity index (χ3v) is 3.57. The molecule has 1 saturated heterocycles. The summed E-state index contributed by atoms with van der Waals surface area (Å²) >= 11 is 0. The van der Waals surface area contributed by atoms with E-state index < -0.39 is 0 Å². The van der Waals surface area contributed by atoms with Gasteiger partial charge in [0.25, 0.3) is 0 Å². The van der Waals surface area contributed by atoms with E-state index in [1.807, 2.05) is 11.7 Å². The number of rotatable bonds is 6. The van der Waals surface area contributed by atoms with E-state index in [4.69, 9.17) is 9.47 Å². The first-order chi connectivity index (χ1) is 8.80. The van der Waals surface area contributed by atoms with Gasteiger partial charge in [-0.3, -0.25) is 4.68 Å². The predicted molar refractivity (Wildman–Crippen MR) is 69.8 cm³/mol. The standard InChI is InChI=1S/C13H23N3O2/c1-4-16-13(12(17-3)9-15-16)11(14-2)8-10-6-5-7-18-10/h9-11,14H,4-8H2,1-3H3. The van der Waals surface area contributed by atoms with E-state index in [1.165, 1.54) is 6.42 Å². The Kier molecular flexibility index (Phi) is 4.60. The highest BCUT2D eigenvalue weighted by Gasteiger charge is 2.25. The van der Waals surface area contributed by atoms with Crippen molar-refractivity contribution in [2.75, 3.05) is 20.8 Å². The third-order valence-electron chi connectivity index (χ3n) is 3.57. The van der Waals surface area contributed by atoms with Gasteiger partial charge >= 0.3 is 0 Å². The molecule has 1 fully saturated rings. The second-order valence-corrected chi connectivity index (χ2v) is 4.63. The molecule has 0 aliphatic carbocycles. The van der Waals surface area contributed by atoms with E-state index in [0.717, 1.165) is 37.4 Å². The van der Waals surface area contributed by atoms with E-state index in [1.54, 1.807) is 13.3 Å². The average Bonchev–Trinajstić information content (AvgIpc) is 3.04. The predicted octanol–water partition coefficient (Wildman–Crippen LogP) is 1.74. The molecule has 1 aromatic rings. The molecule has 0 bridgehead atoms.